The molecule has 2 bridgehead atoms. The second kappa shape index (κ2) is 6.98. The highest BCUT2D eigenvalue weighted by molar-refractivity contribution is 5.88. The van der Waals surface area contributed by atoms with Gasteiger partial charge in [0, 0.05) is 23.3 Å². The van der Waals surface area contributed by atoms with Crippen molar-refractivity contribution < 1.29 is 28.6 Å². The van der Waals surface area contributed by atoms with Crippen LogP contribution >= 0.6 is 0 Å². The largest absolute Gasteiger partial charge is 0.458 e. The quantitative estimate of drug-likeness (QED) is 0.317. The van der Waals surface area contributed by atoms with Gasteiger partial charge in [0.05, 0.1) is 5.92 Å². The highest BCUT2D eigenvalue weighted by atomic mass is 16.6. The van der Waals surface area contributed by atoms with Gasteiger partial charge in [0.1, 0.15) is 12.2 Å². The summed E-state index contributed by atoms with van der Waals surface area (Å²) in [6, 6.07) is 0. The van der Waals surface area contributed by atoms with Gasteiger partial charge >= 0.3 is 17.9 Å². The summed E-state index contributed by atoms with van der Waals surface area (Å²) in [6.07, 6.45) is 4.67. The van der Waals surface area contributed by atoms with Crippen LogP contribution in [0.5, 0.6) is 0 Å². The topological polar surface area (TPSA) is 78.9 Å². The summed E-state index contributed by atoms with van der Waals surface area (Å²) < 4.78 is 15.6. The molecule has 0 amide bonds. The Morgan fingerprint density at radius 2 is 2.08 bits per heavy atom. The van der Waals surface area contributed by atoms with Crippen LogP contribution in [0.3, 0.4) is 0 Å². The number of fused-ring (bicyclic) bond motifs is 1. The van der Waals surface area contributed by atoms with Crippen LogP contribution in [0.4, 0.5) is 0 Å². The molecule has 0 aromatic heterocycles. The van der Waals surface area contributed by atoms with Crippen molar-refractivity contribution in [2.45, 2.75) is 25.6 Å². The molecule has 1 saturated heterocycles. The fraction of sp³-hybridized carbons (Fsp3) is 0.450. The summed E-state index contributed by atoms with van der Waals surface area (Å²) in [7, 11) is 0. The van der Waals surface area contributed by atoms with Gasteiger partial charge < -0.3 is 14.2 Å². The third-order valence-corrected chi connectivity index (χ3v) is 4.92. The average Bonchev–Trinajstić information content (AvgIpc) is 3.20. The maximum atomic E-state index is 12.1. The first kappa shape index (κ1) is 17.6. The number of hydrogen-bond donors (Lipinski definition) is 0. The van der Waals surface area contributed by atoms with E-state index in [9.17, 15) is 14.4 Å². The van der Waals surface area contributed by atoms with Crippen molar-refractivity contribution in [3.63, 3.8) is 0 Å². The summed E-state index contributed by atoms with van der Waals surface area (Å²) in [5, 5.41) is 0. The van der Waals surface area contributed by atoms with Gasteiger partial charge in [-0.2, -0.15) is 0 Å². The van der Waals surface area contributed by atoms with E-state index in [4.69, 9.17) is 20.6 Å². The van der Waals surface area contributed by atoms with Crippen LogP contribution in [-0.2, 0) is 28.6 Å². The van der Waals surface area contributed by atoms with Crippen molar-refractivity contribution in [3.8, 4) is 36.0 Å². The maximum Gasteiger partial charge on any atom is 0.344 e. The van der Waals surface area contributed by atoms with Gasteiger partial charge in [-0.15, -0.1) is 6.42 Å². The van der Waals surface area contributed by atoms with E-state index < -0.39 is 30.8 Å². The zero-order chi connectivity index (χ0) is 18.8. The first-order valence-corrected chi connectivity index (χ1v) is 8.12. The van der Waals surface area contributed by atoms with Crippen LogP contribution in [-0.4, -0.2) is 36.7 Å². The normalized spacial score (nSPS) is 32.2. The van der Waals surface area contributed by atoms with E-state index in [0.29, 0.717) is 6.42 Å². The molecule has 0 N–H and O–H groups in total. The molecule has 0 aromatic carbocycles. The van der Waals surface area contributed by atoms with Crippen molar-refractivity contribution in [2.24, 2.45) is 23.7 Å². The van der Waals surface area contributed by atoms with Gasteiger partial charge in [-0.1, -0.05) is 12.5 Å². The zero-order valence-corrected chi connectivity index (χ0v) is 14.1. The molecule has 2 saturated carbocycles. The second-order valence-electron chi connectivity index (χ2n) is 6.49. The molecule has 2 aliphatic carbocycles. The number of rotatable bonds is 4. The van der Waals surface area contributed by atoms with Crippen LogP contribution in [0, 0.1) is 59.7 Å². The van der Waals surface area contributed by atoms with E-state index in [-0.39, 0.29) is 35.2 Å². The third-order valence-electron chi connectivity index (χ3n) is 4.92. The highest BCUT2D eigenvalue weighted by Crippen LogP contribution is 2.58. The average molecular weight is 352 g/mol. The Hall–Kier alpha value is -3.17. The molecule has 0 radical (unpaired) electrons. The summed E-state index contributed by atoms with van der Waals surface area (Å²) in [4.78, 5) is 35.5. The molecular weight excluding hydrogens is 336 g/mol. The van der Waals surface area contributed by atoms with Crippen molar-refractivity contribution in [1.82, 2.24) is 0 Å². The minimum atomic E-state index is -0.699. The Labute approximate surface area is 151 Å². The molecule has 6 heteroatoms. The van der Waals surface area contributed by atoms with Crippen molar-refractivity contribution in [1.29, 1.82) is 0 Å². The third kappa shape index (κ3) is 3.05. The molecule has 3 rings (SSSR count). The van der Waals surface area contributed by atoms with Crippen molar-refractivity contribution in [2.75, 3.05) is 6.61 Å². The van der Waals surface area contributed by atoms with Gasteiger partial charge in [-0.25, -0.2) is 9.59 Å². The minimum absolute atomic E-state index is 0.0248. The Kier molecular flexibility index (Phi) is 4.74. The molecule has 1 heterocycles. The zero-order valence-electron chi connectivity index (χ0n) is 14.1. The van der Waals surface area contributed by atoms with Crippen LogP contribution < -0.4 is 0 Å². The SMILES string of the molecule is C#CC#CC#CC1C2CC3C(OC(=O)C13)C2OC(=O)COC(=O)C(=C)C. The van der Waals surface area contributed by atoms with Crippen molar-refractivity contribution in [3.05, 3.63) is 12.2 Å². The first-order chi connectivity index (χ1) is 12.4. The molecular formula is C20H16O6. The fourth-order valence-corrected chi connectivity index (χ4v) is 3.96. The molecule has 3 aliphatic rings. The standard InChI is InChI=1S/C20H16O6/c1-4-5-6-7-8-12-13-9-14-16(12)20(23)26-18(14)17(13)25-15(21)10-24-19(22)11(2)3/h1,12-14,16-18H,2,9-10H2,3H3. The molecule has 1 aliphatic heterocycles. The van der Waals surface area contributed by atoms with E-state index in [0.717, 1.165) is 0 Å². The van der Waals surface area contributed by atoms with E-state index >= 15 is 0 Å². The lowest BCUT2D eigenvalue weighted by Crippen LogP contribution is -2.40. The van der Waals surface area contributed by atoms with Crippen LogP contribution in [0.2, 0.25) is 0 Å². The summed E-state index contributed by atoms with van der Waals surface area (Å²) in [5.74, 6) is 10.3. The molecule has 6 atom stereocenters. The lowest BCUT2D eigenvalue weighted by atomic mass is 9.79. The first-order valence-electron chi connectivity index (χ1n) is 8.12. The maximum absolute atomic E-state index is 12.1. The summed E-state index contributed by atoms with van der Waals surface area (Å²) >= 11 is 0. The number of ether oxygens (including phenoxy) is 3. The number of hydrogen-bond acceptors (Lipinski definition) is 6. The smallest absolute Gasteiger partial charge is 0.344 e. The van der Waals surface area contributed by atoms with Gasteiger partial charge in [0.2, 0.25) is 0 Å². The van der Waals surface area contributed by atoms with Crippen LogP contribution in [0.15, 0.2) is 12.2 Å². The van der Waals surface area contributed by atoms with Crippen LogP contribution in [0.1, 0.15) is 13.3 Å². The molecule has 6 nitrogen and oxygen atoms in total. The Morgan fingerprint density at radius 3 is 2.77 bits per heavy atom. The van der Waals surface area contributed by atoms with E-state index in [1.807, 2.05) is 0 Å². The number of esters is 3. The van der Waals surface area contributed by atoms with Gasteiger partial charge in [0.15, 0.2) is 6.61 Å². The molecule has 0 spiro atoms. The Balaban J connectivity index is 1.69. The lowest BCUT2D eigenvalue weighted by molar-refractivity contribution is -0.169. The van der Waals surface area contributed by atoms with Gasteiger partial charge in [-0.05, 0) is 37.0 Å². The summed E-state index contributed by atoms with van der Waals surface area (Å²) in [6.45, 7) is 4.40. The fourth-order valence-electron chi connectivity index (χ4n) is 3.96. The Morgan fingerprint density at radius 1 is 1.31 bits per heavy atom. The molecule has 132 valence electrons. The molecule has 6 unspecified atom stereocenters. The second-order valence-corrected chi connectivity index (χ2v) is 6.49. The highest BCUT2D eigenvalue weighted by Gasteiger charge is 2.67. The van der Waals surface area contributed by atoms with Gasteiger partial charge in [0.25, 0.3) is 0 Å². The summed E-state index contributed by atoms with van der Waals surface area (Å²) in [5.41, 5.74) is 0.189. The van der Waals surface area contributed by atoms with Crippen LogP contribution in [0.25, 0.3) is 0 Å². The predicted molar refractivity (Wildman–Crippen MR) is 88.5 cm³/mol. The number of terminal acetylenes is 1. The molecule has 0 aromatic rings. The lowest BCUT2D eigenvalue weighted by Gasteiger charge is -2.28. The predicted octanol–water partition coefficient (Wildman–Crippen LogP) is 0.465. The van der Waals surface area contributed by atoms with Gasteiger partial charge in [-0.3, -0.25) is 4.79 Å². The van der Waals surface area contributed by atoms with E-state index in [1.54, 1.807) is 0 Å². The molecule has 26 heavy (non-hydrogen) atoms. The monoisotopic (exact) mass is 352 g/mol. The van der Waals surface area contributed by atoms with E-state index in [2.05, 4.69) is 36.2 Å². The van der Waals surface area contributed by atoms with Crippen molar-refractivity contribution >= 4 is 17.9 Å². The number of carbonyl (C=O) groups is 3. The minimum Gasteiger partial charge on any atom is -0.458 e. The van der Waals surface area contributed by atoms with E-state index in [1.165, 1.54) is 6.92 Å². The number of carbonyl (C=O) groups excluding carboxylic acids is 3. The molecule has 3 fully saturated rings. The Bertz CT molecular complexity index is 839.